The molecule has 1 aliphatic carbocycles. The Labute approximate surface area is 253 Å². The van der Waals surface area contributed by atoms with E-state index in [1.807, 2.05) is 24.3 Å². The first-order valence-corrected chi connectivity index (χ1v) is 15.8. The number of alkyl halides is 3. The predicted molar refractivity (Wildman–Crippen MR) is 163 cm³/mol. The number of benzene rings is 2. The molecule has 1 saturated carbocycles. The summed E-state index contributed by atoms with van der Waals surface area (Å²) in [6.07, 6.45) is 0.181. The van der Waals surface area contributed by atoms with Gasteiger partial charge >= 0.3 is 6.36 Å². The summed E-state index contributed by atoms with van der Waals surface area (Å²) in [5.74, 6) is 0.979. The molecule has 0 amide bonds. The highest BCUT2D eigenvalue weighted by atomic mass is 79.9. The Bertz CT molecular complexity index is 1420. The Kier molecular flexibility index (Phi) is 12.2. The molecular weight excluding hydrogens is 637 g/mol. The van der Waals surface area contributed by atoms with E-state index in [0.29, 0.717) is 25.0 Å². The number of nitrogens with one attached hydrogen (secondary N) is 3. The summed E-state index contributed by atoms with van der Waals surface area (Å²) in [6.45, 7) is 2.23. The molecule has 1 fully saturated rings. The normalized spacial score (nSPS) is 17.5. The topological polar surface area (TPSA) is 131 Å². The van der Waals surface area contributed by atoms with E-state index in [1.165, 1.54) is 6.07 Å². The van der Waals surface area contributed by atoms with Crippen molar-refractivity contribution in [2.24, 2.45) is 17.6 Å². The molecule has 0 unspecified atom stereocenters. The second-order valence-corrected chi connectivity index (χ2v) is 12.7. The van der Waals surface area contributed by atoms with Gasteiger partial charge in [0.1, 0.15) is 10.7 Å². The van der Waals surface area contributed by atoms with Gasteiger partial charge in [0, 0.05) is 29.5 Å². The van der Waals surface area contributed by atoms with Crippen molar-refractivity contribution in [3.63, 3.8) is 0 Å². The first-order chi connectivity index (χ1) is 19.5. The highest BCUT2D eigenvalue weighted by Crippen LogP contribution is 2.33. The molecule has 0 atom stereocenters. The molecule has 0 radical (unpaired) electrons. The van der Waals surface area contributed by atoms with Gasteiger partial charge in [-0.15, -0.1) is 13.2 Å². The maximum atomic E-state index is 12.8. The van der Waals surface area contributed by atoms with Crippen LogP contribution >= 0.6 is 15.9 Å². The summed E-state index contributed by atoms with van der Waals surface area (Å²) in [5.41, 5.74) is 6.44. The van der Waals surface area contributed by atoms with Gasteiger partial charge < -0.3 is 21.1 Å². The fourth-order valence-corrected chi connectivity index (χ4v) is 6.42. The maximum Gasteiger partial charge on any atom is 0.573 e. The zero-order chi connectivity index (χ0) is 29.5. The molecule has 232 valence electrons. The van der Waals surface area contributed by atoms with Crippen LogP contribution in [0.1, 0.15) is 46.0 Å². The fraction of sp³-hybridized carbons (Fsp3) is 0.500. The Hall–Kier alpha value is -2.68. The molecule has 4 rings (SSSR count). The van der Waals surface area contributed by atoms with Gasteiger partial charge in [-0.2, -0.15) is 4.98 Å². The first kappa shape index (κ1) is 33.8. The number of nitrogens with two attached hydrogens (primary N) is 1. The van der Waals surface area contributed by atoms with Crippen molar-refractivity contribution in [3.05, 3.63) is 46.9 Å². The molecule has 2 aromatic carbocycles. The van der Waals surface area contributed by atoms with Gasteiger partial charge in [-0.05, 0) is 87.2 Å². The van der Waals surface area contributed by atoms with E-state index in [-0.39, 0.29) is 24.4 Å². The molecule has 9 nitrogen and oxygen atoms in total. The number of hydrogen-bond acceptors (Lipinski definition) is 8. The van der Waals surface area contributed by atoms with E-state index in [4.69, 9.17) is 10.7 Å². The van der Waals surface area contributed by atoms with Crippen molar-refractivity contribution in [2.75, 3.05) is 36.8 Å². The molecule has 1 aromatic heterocycles. The van der Waals surface area contributed by atoms with E-state index in [2.05, 4.69) is 41.0 Å². The van der Waals surface area contributed by atoms with Crippen LogP contribution in [0.5, 0.6) is 5.75 Å². The monoisotopic (exact) mass is 674 g/mol. The minimum Gasteiger partial charge on any atom is -0.404 e. The van der Waals surface area contributed by atoms with E-state index >= 15 is 0 Å². The van der Waals surface area contributed by atoms with Gasteiger partial charge in [0.25, 0.3) is 0 Å². The lowest BCUT2D eigenvalue weighted by Crippen LogP contribution is -2.33. The van der Waals surface area contributed by atoms with Crippen molar-refractivity contribution in [1.29, 1.82) is 0 Å². The molecule has 0 aliphatic heterocycles. The lowest BCUT2D eigenvalue weighted by Gasteiger charge is -2.28. The molecule has 1 heterocycles. The van der Waals surface area contributed by atoms with Crippen LogP contribution in [0, 0.1) is 11.8 Å². The molecule has 14 heteroatoms. The average Bonchev–Trinajstić information content (AvgIpc) is 2.92. The summed E-state index contributed by atoms with van der Waals surface area (Å²) in [4.78, 5) is 8.79. The summed E-state index contributed by atoms with van der Waals surface area (Å²) in [7, 11) is -4.21. The van der Waals surface area contributed by atoms with Crippen LogP contribution in [0.15, 0.2) is 51.8 Å². The third kappa shape index (κ3) is 9.68. The summed E-state index contributed by atoms with van der Waals surface area (Å²) >= 11 is 3.05. The summed E-state index contributed by atoms with van der Waals surface area (Å²) < 4.78 is 70.8. The molecule has 42 heavy (non-hydrogen) atoms. The van der Waals surface area contributed by atoms with Gasteiger partial charge in [-0.1, -0.05) is 35.5 Å². The fourth-order valence-electron chi connectivity index (χ4n) is 4.86. The van der Waals surface area contributed by atoms with Gasteiger partial charge in [0.05, 0.1) is 5.52 Å². The molecule has 0 spiro atoms. The molecular formula is C28H38BrF3N6O3S. The minimum atomic E-state index is -5.02. The van der Waals surface area contributed by atoms with Crippen molar-refractivity contribution in [1.82, 2.24) is 14.7 Å². The Morgan fingerprint density at radius 1 is 0.976 bits per heavy atom. The average molecular weight is 676 g/mol. The second kappa shape index (κ2) is 15.2. The van der Waals surface area contributed by atoms with Crippen LogP contribution in [0.25, 0.3) is 10.9 Å². The quantitative estimate of drug-likeness (QED) is 0.156. The van der Waals surface area contributed by atoms with Gasteiger partial charge in [-0.25, -0.2) is 18.1 Å². The molecule has 0 saturated heterocycles. The zero-order valence-electron chi connectivity index (χ0n) is 22.4. The lowest BCUT2D eigenvalue weighted by atomic mass is 9.82. The highest BCUT2D eigenvalue weighted by molar-refractivity contribution is 9.10. The summed E-state index contributed by atoms with van der Waals surface area (Å²) in [5, 5.41) is 7.71. The largest absolute Gasteiger partial charge is 0.573 e. The van der Waals surface area contributed by atoms with Gasteiger partial charge in [0.15, 0.2) is 5.75 Å². The number of nitrogens with zero attached hydrogens (tertiary/aromatic N) is 2. The number of para-hydroxylation sites is 1. The van der Waals surface area contributed by atoms with Crippen LogP contribution in [-0.4, -0.2) is 50.9 Å². The van der Waals surface area contributed by atoms with Crippen molar-refractivity contribution in [3.8, 4) is 5.75 Å². The van der Waals surface area contributed by atoms with Crippen molar-refractivity contribution < 1.29 is 26.3 Å². The first-order valence-electron chi connectivity index (χ1n) is 13.5. The minimum absolute atomic E-state index is 0. The van der Waals surface area contributed by atoms with Crippen molar-refractivity contribution >= 4 is 48.6 Å². The Morgan fingerprint density at radius 2 is 1.67 bits per heavy atom. The van der Waals surface area contributed by atoms with E-state index in [0.717, 1.165) is 73.9 Å². The molecule has 5 N–H and O–H groups in total. The lowest BCUT2D eigenvalue weighted by molar-refractivity contribution is -0.275. The van der Waals surface area contributed by atoms with Crippen LogP contribution in [0.3, 0.4) is 0 Å². The number of aromatic nitrogens is 2. The van der Waals surface area contributed by atoms with Crippen LogP contribution in [0.4, 0.5) is 24.9 Å². The molecule has 0 bridgehead atoms. The smallest absolute Gasteiger partial charge is 0.404 e. The number of halogens is 4. The SMILES string of the molecule is C.NCCCCNc1nc(NCC2CCC(CNS(=O)(=O)c3ccc(Br)cc3OC(F)(F)F)CC2)nc2ccccc12. The van der Waals surface area contributed by atoms with Crippen LogP contribution in [-0.2, 0) is 10.0 Å². The number of rotatable bonds is 13. The van der Waals surface area contributed by atoms with Crippen molar-refractivity contribution in [2.45, 2.75) is 57.2 Å². The standard InChI is InChI=1S/C27H34BrF3N6O3S.CH4/c28-20-11-12-24(23(15-20)40-27(29,30)31)41(38,39)35-17-19-9-7-18(8-10-19)16-34-26-36-22-6-2-1-5-21(22)25(37-26)33-14-4-3-13-32;/h1-2,5-6,11-12,15,18-19,35H,3-4,7-10,13-14,16-17,32H2,(H2,33,34,36,37);1H4. The van der Waals surface area contributed by atoms with Crippen LogP contribution < -0.4 is 25.8 Å². The van der Waals surface area contributed by atoms with Crippen LogP contribution in [0.2, 0.25) is 0 Å². The summed E-state index contributed by atoms with van der Waals surface area (Å²) in [6, 6.07) is 11.3. The zero-order valence-corrected chi connectivity index (χ0v) is 24.8. The number of unbranched alkanes of at least 4 members (excludes halogenated alkanes) is 1. The highest BCUT2D eigenvalue weighted by Gasteiger charge is 2.34. The van der Waals surface area contributed by atoms with Gasteiger partial charge in [-0.3, -0.25) is 0 Å². The number of ether oxygens (including phenoxy) is 1. The third-order valence-corrected chi connectivity index (χ3v) is 8.98. The predicted octanol–water partition coefficient (Wildman–Crippen LogP) is 6.27. The number of hydrogen-bond donors (Lipinski definition) is 4. The third-order valence-electron chi connectivity index (χ3n) is 7.02. The van der Waals surface area contributed by atoms with Gasteiger partial charge in [0.2, 0.25) is 16.0 Å². The number of fused-ring (bicyclic) bond motifs is 1. The second-order valence-electron chi connectivity index (χ2n) is 10.1. The van der Waals surface area contributed by atoms with E-state index in [9.17, 15) is 21.6 Å². The molecule has 3 aromatic rings. The van der Waals surface area contributed by atoms with E-state index < -0.39 is 27.0 Å². The number of anilines is 2. The van der Waals surface area contributed by atoms with E-state index in [1.54, 1.807) is 0 Å². The maximum absolute atomic E-state index is 12.8. The number of sulfonamides is 1. The Balaban J connectivity index is 0.00000484. The molecule has 1 aliphatic rings. The Morgan fingerprint density at radius 3 is 2.36 bits per heavy atom.